The maximum absolute atomic E-state index is 9.49. The SMILES string of the molecule is Cc1cc(Cl)ccc1CN[C@@H](CO)c1ccccc1. The minimum absolute atomic E-state index is 0.0451. The van der Waals surface area contributed by atoms with Crippen molar-refractivity contribution in [2.75, 3.05) is 6.61 Å². The van der Waals surface area contributed by atoms with Crippen LogP contribution in [0.4, 0.5) is 0 Å². The van der Waals surface area contributed by atoms with Gasteiger partial charge in [0.2, 0.25) is 0 Å². The molecule has 0 unspecified atom stereocenters. The Morgan fingerprint density at radius 2 is 1.89 bits per heavy atom. The van der Waals surface area contributed by atoms with E-state index in [1.54, 1.807) is 0 Å². The van der Waals surface area contributed by atoms with Gasteiger partial charge in [-0.05, 0) is 35.7 Å². The summed E-state index contributed by atoms with van der Waals surface area (Å²) in [5.41, 5.74) is 3.44. The smallest absolute Gasteiger partial charge is 0.0626 e. The van der Waals surface area contributed by atoms with Crippen LogP contribution >= 0.6 is 11.6 Å². The summed E-state index contributed by atoms with van der Waals surface area (Å²) in [5, 5.41) is 13.6. The fraction of sp³-hybridized carbons (Fsp3) is 0.250. The van der Waals surface area contributed by atoms with Gasteiger partial charge in [-0.3, -0.25) is 0 Å². The number of hydrogen-bond donors (Lipinski definition) is 2. The summed E-state index contributed by atoms with van der Waals surface area (Å²) < 4.78 is 0. The molecule has 0 spiro atoms. The Morgan fingerprint density at radius 3 is 2.53 bits per heavy atom. The van der Waals surface area contributed by atoms with Crippen LogP contribution in [-0.2, 0) is 6.54 Å². The highest BCUT2D eigenvalue weighted by molar-refractivity contribution is 6.30. The topological polar surface area (TPSA) is 32.3 Å². The van der Waals surface area contributed by atoms with E-state index in [-0.39, 0.29) is 12.6 Å². The Kier molecular flexibility index (Phi) is 4.97. The van der Waals surface area contributed by atoms with Crippen molar-refractivity contribution in [2.24, 2.45) is 0 Å². The number of benzene rings is 2. The predicted molar refractivity (Wildman–Crippen MR) is 79.3 cm³/mol. The minimum atomic E-state index is -0.0451. The van der Waals surface area contributed by atoms with Crippen LogP contribution in [0.15, 0.2) is 48.5 Å². The van der Waals surface area contributed by atoms with Crippen LogP contribution in [0.25, 0.3) is 0 Å². The largest absolute Gasteiger partial charge is 0.394 e. The van der Waals surface area contributed by atoms with Crippen LogP contribution in [-0.4, -0.2) is 11.7 Å². The summed E-state index contributed by atoms with van der Waals surface area (Å²) in [6.45, 7) is 2.83. The van der Waals surface area contributed by atoms with Gasteiger partial charge >= 0.3 is 0 Å². The Labute approximate surface area is 119 Å². The lowest BCUT2D eigenvalue weighted by atomic mass is 10.1. The lowest BCUT2D eigenvalue weighted by Gasteiger charge is -2.17. The van der Waals surface area contributed by atoms with Crippen molar-refractivity contribution < 1.29 is 5.11 Å². The van der Waals surface area contributed by atoms with Gasteiger partial charge in [0.15, 0.2) is 0 Å². The fourth-order valence-corrected chi connectivity index (χ4v) is 2.29. The van der Waals surface area contributed by atoms with E-state index in [4.69, 9.17) is 11.6 Å². The first kappa shape index (κ1) is 14.1. The molecule has 0 bridgehead atoms. The Bertz CT molecular complexity index is 528. The quantitative estimate of drug-likeness (QED) is 0.876. The van der Waals surface area contributed by atoms with Crippen molar-refractivity contribution in [3.8, 4) is 0 Å². The Balaban J connectivity index is 2.04. The van der Waals surface area contributed by atoms with Crippen molar-refractivity contribution in [1.82, 2.24) is 5.32 Å². The number of nitrogens with one attached hydrogen (secondary N) is 1. The molecule has 2 N–H and O–H groups in total. The maximum atomic E-state index is 9.49. The van der Waals surface area contributed by atoms with Crippen molar-refractivity contribution in [3.63, 3.8) is 0 Å². The van der Waals surface area contributed by atoms with Gasteiger partial charge in [0.25, 0.3) is 0 Å². The molecule has 100 valence electrons. The van der Waals surface area contributed by atoms with Crippen LogP contribution < -0.4 is 5.32 Å². The molecule has 1 atom stereocenters. The van der Waals surface area contributed by atoms with Gasteiger partial charge in [0.1, 0.15) is 0 Å². The molecule has 2 aromatic rings. The van der Waals surface area contributed by atoms with Crippen molar-refractivity contribution in [3.05, 3.63) is 70.2 Å². The van der Waals surface area contributed by atoms with E-state index in [0.29, 0.717) is 6.54 Å². The molecular formula is C16H18ClNO. The molecule has 0 saturated carbocycles. The number of hydrogen-bond acceptors (Lipinski definition) is 2. The highest BCUT2D eigenvalue weighted by Crippen LogP contribution is 2.17. The highest BCUT2D eigenvalue weighted by atomic mass is 35.5. The summed E-state index contributed by atoms with van der Waals surface area (Å²) in [4.78, 5) is 0. The third kappa shape index (κ3) is 3.80. The second kappa shape index (κ2) is 6.71. The number of halogens is 1. The van der Waals surface area contributed by atoms with Gasteiger partial charge in [-0.15, -0.1) is 0 Å². The third-order valence-electron chi connectivity index (χ3n) is 3.23. The van der Waals surface area contributed by atoms with E-state index in [1.165, 1.54) is 5.56 Å². The van der Waals surface area contributed by atoms with E-state index in [9.17, 15) is 5.11 Å². The molecule has 2 nitrogen and oxygen atoms in total. The van der Waals surface area contributed by atoms with Gasteiger partial charge in [0.05, 0.1) is 12.6 Å². The third-order valence-corrected chi connectivity index (χ3v) is 3.46. The molecule has 3 heteroatoms. The average Bonchev–Trinajstić information content (AvgIpc) is 2.43. The molecule has 0 aliphatic heterocycles. The summed E-state index contributed by atoms with van der Waals surface area (Å²) in [6.07, 6.45) is 0. The summed E-state index contributed by atoms with van der Waals surface area (Å²) in [5.74, 6) is 0. The first-order valence-corrected chi connectivity index (χ1v) is 6.72. The van der Waals surface area contributed by atoms with Crippen LogP contribution in [0, 0.1) is 6.92 Å². The fourth-order valence-electron chi connectivity index (χ4n) is 2.06. The standard InChI is InChI=1S/C16H18ClNO/c1-12-9-15(17)8-7-14(12)10-18-16(11-19)13-5-3-2-4-6-13/h2-9,16,18-19H,10-11H2,1H3/t16-/m0/s1. The molecule has 0 aromatic heterocycles. The van der Waals surface area contributed by atoms with E-state index >= 15 is 0 Å². The molecule has 0 aliphatic carbocycles. The normalized spacial score (nSPS) is 12.4. The number of aliphatic hydroxyl groups excluding tert-OH is 1. The molecule has 19 heavy (non-hydrogen) atoms. The lowest BCUT2D eigenvalue weighted by Crippen LogP contribution is -2.24. The molecule has 0 fully saturated rings. The lowest BCUT2D eigenvalue weighted by molar-refractivity contribution is 0.243. The first-order valence-electron chi connectivity index (χ1n) is 6.35. The van der Waals surface area contributed by atoms with Gasteiger partial charge < -0.3 is 10.4 Å². The zero-order valence-corrected chi connectivity index (χ0v) is 11.7. The molecule has 2 aromatic carbocycles. The number of aryl methyl sites for hydroxylation is 1. The minimum Gasteiger partial charge on any atom is -0.394 e. The molecular weight excluding hydrogens is 258 g/mol. The van der Waals surface area contributed by atoms with Crippen LogP contribution in [0.5, 0.6) is 0 Å². The predicted octanol–water partition coefficient (Wildman–Crippen LogP) is 3.47. The zero-order valence-electron chi connectivity index (χ0n) is 10.9. The number of aliphatic hydroxyl groups is 1. The molecule has 0 aliphatic rings. The zero-order chi connectivity index (χ0) is 13.7. The van der Waals surface area contributed by atoms with E-state index < -0.39 is 0 Å². The van der Waals surface area contributed by atoms with Crippen molar-refractivity contribution in [1.29, 1.82) is 0 Å². The van der Waals surface area contributed by atoms with Crippen LogP contribution in [0.3, 0.4) is 0 Å². The van der Waals surface area contributed by atoms with Gasteiger partial charge in [0, 0.05) is 11.6 Å². The Morgan fingerprint density at radius 1 is 1.16 bits per heavy atom. The highest BCUT2D eigenvalue weighted by Gasteiger charge is 2.09. The summed E-state index contributed by atoms with van der Waals surface area (Å²) >= 11 is 5.94. The van der Waals surface area contributed by atoms with Crippen molar-refractivity contribution >= 4 is 11.6 Å². The molecule has 2 rings (SSSR count). The second-order valence-electron chi connectivity index (χ2n) is 4.60. The van der Waals surface area contributed by atoms with Crippen LogP contribution in [0.1, 0.15) is 22.7 Å². The first-order chi connectivity index (χ1) is 9.20. The molecule has 0 amide bonds. The molecule has 0 heterocycles. The monoisotopic (exact) mass is 275 g/mol. The van der Waals surface area contributed by atoms with Crippen LogP contribution in [0.2, 0.25) is 5.02 Å². The van der Waals surface area contributed by atoms with Crippen molar-refractivity contribution in [2.45, 2.75) is 19.5 Å². The summed E-state index contributed by atoms with van der Waals surface area (Å²) in [6, 6.07) is 15.8. The molecule has 0 saturated heterocycles. The summed E-state index contributed by atoms with van der Waals surface area (Å²) in [7, 11) is 0. The van der Waals surface area contributed by atoms with E-state index in [1.807, 2.05) is 55.5 Å². The van der Waals surface area contributed by atoms with Gasteiger partial charge in [-0.25, -0.2) is 0 Å². The Hall–Kier alpha value is -1.35. The second-order valence-corrected chi connectivity index (χ2v) is 5.03. The van der Waals surface area contributed by atoms with E-state index in [2.05, 4.69) is 5.32 Å². The molecule has 0 radical (unpaired) electrons. The van der Waals surface area contributed by atoms with E-state index in [0.717, 1.165) is 16.1 Å². The van der Waals surface area contributed by atoms with Gasteiger partial charge in [-0.2, -0.15) is 0 Å². The maximum Gasteiger partial charge on any atom is 0.0626 e. The number of rotatable bonds is 5. The van der Waals surface area contributed by atoms with Gasteiger partial charge in [-0.1, -0.05) is 48.0 Å². The average molecular weight is 276 g/mol.